The topological polar surface area (TPSA) is 63.3 Å². The van der Waals surface area contributed by atoms with Crippen molar-refractivity contribution in [3.05, 3.63) is 24.3 Å². The molecule has 0 aliphatic carbocycles. The highest BCUT2D eigenvalue weighted by Crippen LogP contribution is 2.37. The quantitative estimate of drug-likeness (QED) is 0.629. The molecule has 4 heteroatoms. The van der Waals surface area contributed by atoms with Crippen LogP contribution in [0.3, 0.4) is 0 Å². The van der Waals surface area contributed by atoms with Crippen molar-refractivity contribution in [1.82, 2.24) is 0 Å². The molecule has 1 unspecified atom stereocenters. The molecule has 0 aromatic heterocycles. The van der Waals surface area contributed by atoms with Crippen molar-refractivity contribution in [2.45, 2.75) is 30.9 Å². The second-order valence-electron chi connectivity index (χ2n) is 4.74. The zero-order valence-electron chi connectivity index (χ0n) is 9.73. The van der Waals surface area contributed by atoms with Crippen LogP contribution in [0.4, 0.5) is 5.69 Å². The Labute approximate surface area is 100 Å². The molecular formula is C12H17NO2S. The number of thioether (sulfide) groups is 1. The lowest BCUT2D eigenvalue weighted by molar-refractivity contribution is -0.138. The zero-order chi connectivity index (χ0) is 12.3. The molecular weight excluding hydrogens is 222 g/mol. The number of para-hydroxylation sites is 1. The molecule has 1 aromatic carbocycles. The number of hydrogen-bond donors (Lipinski definition) is 2. The van der Waals surface area contributed by atoms with Crippen molar-refractivity contribution in [2.24, 2.45) is 5.41 Å². The van der Waals surface area contributed by atoms with Crippen LogP contribution in [-0.4, -0.2) is 16.3 Å². The first-order valence-corrected chi connectivity index (χ1v) is 5.94. The van der Waals surface area contributed by atoms with Gasteiger partial charge in [-0.25, -0.2) is 0 Å². The number of carboxylic acids is 1. The molecule has 0 radical (unpaired) electrons. The van der Waals surface area contributed by atoms with Gasteiger partial charge in [0.25, 0.3) is 0 Å². The van der Waals surface area contributed by atoms with E-state index in [2.05, 4.69) is 0 Å². The lowest BCUT2D eigenvalue weighted by Crippen LogP contribution is -2.31. The van der Waals surface area contributed by atoms with Gasteiger partial charge in [-0.1, -0.05) is 32.9 Å². The summed E-state index contributed by atoms with van der Waals surface area (Å²) in [4.78, 5) is 12.0. The average molecular weight is 239 g/mol. The van der Waals surface area contributed by atoms with E-state index in [1.807, 2.05) is 39.0 Å². The monoisotopic (exact) mass is 239 g/mol. The molecule has 1 rings (SSSR count). The van der Waals surface area contributed by atoms with Crippen LogP contribution in [-0.2, 0) is 4.79 Å². The Balaban J connectivity index is 2.94. The summed E-state index contributed by atoms with van der Waals surface area (Å²) in [5.74, 6) is -0.805. The van der Waals surface area contributed by atoms with Gasteiger partial charge in [-0.3, -0.25) is 4.79 Å². The van der Waals surface area contributed by atoms with E-state index < -0.39 is 11.2 Å². The normalized spacial score (nSPS) is 13.4. The third-order valence-corrected chi connectivity index (χ3v) is 3.94. The van der Waals surface area contributed by atoms with Gasteiger partial charge >= 0.3 is 5.97 Å². The lowest BCUT2D eigenvalue weighted by atomic mass is 9.92. The number of rotatable bonds is 3. The van der Waals surface area contributed by atoms with E-state index in [1.54, 1.807) is 6.07 Å². The summed E-state index contributed by atoms with van der Waals surface area (Å²) in [6.45, 7) is 5.74. The number of benzene rings is 1. The summed E-state index contributed by atoms with van der Waals surface area (Å²) in [7, 11) is 0. The minimum atomic E-state index is -0.805. The predicted octanol–water partition coefficient (Wildman–Crippen LogP) is 2.86. The van der Waals surface area contributed by atoms with Crippen LogP contribution in [0.5, 0.6) is 0 Å². The van der Waals surface area contributed by atoms with E-state index >= 15 is 0 Å². The standard InChI is InChI=1S/C12H17NO2S/c1-12(2,3)10(11(14)15)16-9-7-5-4-6-8(9)13/h4-7,10H,13H2,1-3H3,(H,14,15). The van der Waals surface area contributed by atoms with Gasteiger partial charge in [-0.2, -0.15) is 0 Å². The summed E-state index contributed by atoms with van der Waals surface area (Å²) in [6.07, 6.45) is 0. The summed E-state index contributed by atoms with van der Waals surface area (Å²) in [6, 6.07) is 7.33. The fourth-order valence-electron chi connectivity index (χ4n) is 1.31. The minimum absolute atomic E-state index is 0.307. The molecule has 0 saturated carbocycles. The van der Waals surface area contributed by atoms with Gasteiger partial charge in [0.15, 0.2) is 0 Å². The molecule has 1 aromatic rings. The van der Waals surface area contributed by atoms with Crippen LogP contribution < -0.4 is 5.73 Å². The molecule has 0 aliphatic heterocycles. The van der Waals surface area contributed by atoms with Gasteiger partial charge in [0.05, 0.1) is 0 Å². The van der Waals surface area contributed by atoms with E-state index in [0.29, 0.717) is 5.69 Å². The Bertz CT molecular complexity index is 385. The smallest absolute Gasteiger partial charge is 0.317 e. The number of nitrogens with two attached hydrogens (primary N) is 1. The second-order valence-corrected chi connectivity index (χ2v) is 5.89. The van der Waals surface area contributed by atoms with E-state index in [4.69, 9.17) is 5.73 Å². The highest BCUT2D eigenvalue weighted by atomic mass is 32.2. The highest BCUT2D eigenvalue weighted by molar-refractivity contribution is 8.00. The molecule has 3 N–H and O–H groups in total. The average Bonchev–Trinajstić information content (AvgIpc) is 2.14. The Hall–Kier alpha value is -1.16. The molecule has 3 nitrogen and oxygen atoms in total. The SMILES string of the molecule is CC(C)(C)C(Sc1ccccc1N)C(=O)O. The summed E-state index contributed by atoms with van der Waals surface area (Å²) < 4.78 is 0. The summed E-state index contributed by atoms with van der Waals surface area (Å²) in [5, 5.41) is 8.70. The largest absolute Gasteiger partial charge is 0.480 e. The van der Waals surface area contributed by atoms with Gasteiger partial charge in [-0.15, -0.1) is 11.8 Å². The third kappa shape index (κ3) is 3.17. The number of hydrogen-bond acceptors (Lipinski definition) is 3. The molecule has 0 heterocycles. The van der Waals surface area contributed by atoms with Gasteiger partial charge in [0.1, 0.15) is 5.25 Å². The van der Waals surface area contributed by atoms with Crippen molar-refractivity contribution in [3.63, 3.8) is 0 Å². The first-order valence-electron chi connectivity index (χ1n) is 5.06. The van der Waals surface area contributed by atoms with Crippen LogP contribution >= 0.6 is 11.8 Å². The van der Waals surface area contributed by atoms with Crippen LogP contribution in [0.2, 0.25) is 0 Å². The Morgan fingerprint density at radius 1 is 1.38 bits per heavy atom. The zero-order valence-corrected chi connectivity index (χ0v) is 10.5. The van der Waals surface area contributed by atoms with Crippen LogP contribution in [0.15, 0.2) is 29.2 Å². The Morgan fingerprint density at radius 2 is 1.94 bits per heavy atom. The minimum Gasteiger partial charge on any atom is -0.480 e. The number of nitrogen functional groups attached to an aromatic ring is 1. The fourth-order valence-corrected chi connectivity index (χ4v) is 2.38. The molecule has 16 heavy (non-hydrogen) atoms. The predicted molar refractivity (Wildman–Crippen MR) is 67.6 cm³/mol. The van der Waals surface area contributed by atoms with Crippen molar-refractivity contribution in [1.29, 1.82) is 0 Å². The maximum absolute atomic E-state index is 11.2. The van der Waals surface area contributed by atoms with Gasteiger partial charge in [-0.05, 0) is 17.5 Å². The van der Waals surface area contributed by atoms with Crippen LogP contribution in [0.1, 0.15) is 20.8 Å². The first-order chi connectivity index (χ1) is 7.32. The van der Waals surface area contributed by atoms with E-state index in [9.17, 15) is 9.90 Å². The van der Waals surface area contributed by atoms with E-state index in [-0.39, 0.29) is 5.41 Å². The van der Waals surface area contributed by atoms with Crippen molar-refractivity contribution < 1.29 is 9.90 Å². The molecule has 0 fully saturated rings. The molecule has 0 spiro atoms. The summed E-state index contributed by atoms with van der Waals surface area (Å²) >= 11 is 1.31. The highest BCUT2D eigenvalue weighted by Gasteiger charge is 2.32. The molecule has 88 valence electrons. The van der Waals surface area contributed by atoms with Gasteiger partial charge in [0.2, 0.25) is 0 Å². The van der Waals surface area contributed by atoms with E-state index in [0.717, 1.165) is 4.90 Å². The number of carboxylic acid groups (broad SMARTS) is 1. The third-order valence-electron chi connectivity index (χ3n) is 2.17. The van der Waals surface area contributed by atoms with Crippen LogP contribution in [0, 0.1) is 5.41 Å². The van der Waals surface area contributed by atoms with Gasteiger partial charge < -0.3 is 10.8 Å². The van der Waals surface area contributed by atoms with E-state index in [1.165, 1.54) is 11.8 Å². The first kappa shape index (κ1) is 12.9. The molecule has 1 atom stereocenters. The summed E-state index contributed by atoms with van der Waals surface area (Å²) in [5.41, 5.74) is 6.12. The fraction of sp³-hybridized carbons (Fsp3) is 0.417. The number of carbonyl (C=O) groups is 1. The van der Waals surface area contributed by atoms with Crippen molar-refractivity contribution in [3.8, 4) is 0 Å². The number of aliphatic carboxylic acids is 1. The maximum Gasteiger partial charge on any atom is 0.317 e. The second kappa shape index (κ2) is 4.78. The van der Waals surface area contributed by atoms with Crippen LogP contribution in [0.25, 0.3) is 0 Å². The number of anilines is 1. The van der Waals surface area contributed by atoms with Crippen molar-refractivity contribution >= 4 is 23.4 Å². The molecule has 0 aliphatic rings. The van der Waals surface area contributed by atoms with Crippen molar-refractivity contribution in [2.75, 3.05) is 5.73 Å². The maximum atomic E-state index is 11.2. The lowest BCUT2D eigenvalue weighted by Gasteiger charge is -2.26. The molecule has 0 saturated heterocycles. The molecule has 0 bridgehead atoms. The Morgan fingerprint density at radius 3 is 2.38 bits per heavy atom. The Kier molecular flexibility index (Phi) is 3.86. The van der Waals surface area contributed by atoms with Gasteiger partial charge in [0, 0.05) is 10.6 Å². The molecule has 0 amide bonds.